The van der Waals surface area contributed by atoms with Crippen molar-refractivity contribution in [3.63, 3.8) is 0 Å². The molecule has 0 saturated carbocycles. The van der Waals surface area contributed by atoms with Gasteiger partial charge in [-0.05, 0) is 43.7 Å². The molecule has 1 aromatic heterocycles. The standard InChI is InChI=1S/C19H24ClN3O/c1-21-9-7-18-16(13-21)15-12-14(20)5-6-17(15)23(18)11-10-22-8-3-2-4-19(22)24/h5-6,12H,2-4,7-11,13H2,1H3. The van der Waals surface area contributed by atoms with Gasteiger partial charge >= 0.3 is 0 Å². The van der Waals surface area contributed by atoms with Crippen molar-refractivity contribution in [2.45, 2.75) is 38.8 Å². The van der Waals surface area contributed by atoms with Gasteiger partial charge in [-0.3, -0.25) is 4.79 Å². The Morgan fingerprint density at radius 3 is 2.83 bits per heavy atom. The van der Waals surface area contributed by atoms with E-state index < -0.39 is 0 Å². The van der Waals surface area contributed by atoms with Crippen LogP contribution in [0.25, 0.3) is 10.9 Å². The molecule has 1 aromatic carbocycles. The lowest BCUT2D eigenvalue weighted by atomic mass is 10.1. The third kappa shape index (κ3) is 2.82. The number of aromatic nitrogens is 1. The van der Waals surface area contributed by atoms with Crippen molar-refractivity contribution in [1.82, 2.24) is 14.4 Å². The van der Waals surface area contributed by atoms with Crippen molar-refractivity contribution >= 4 is 28.4 Å². The largest absolute Gasteiger partial charge is 0.342 e. The first-order valence-corrected chi connectivity index (χ1v) is 9.27. The summed E-state index contributed by atoms with van der Waals surface area (Å²) in [5.41, 5.74) is 4.09. The third-order valence-corrected chi connectivity index (χ3v) is 5.66. The van der Waals surface area contributed by atoms with Gasteiger partial charge in [0.1, 0.15) is 0 Å². The molecule has 0 atom stereocenters. The first kappa shape index (κ1) is 16.0. The molecule has 4 rings (SSSR count). The summed E-state index contributed by atoms with van der Waals surface area (Å²) in [6.07, 6.45) is 3.95. The molecule has 4 nitrogen and oxygen atoms in total. The van der Waals surface area contributed by atoms with E-state index in [4.69, 9.17) is 11.6 Å². The molecule has 1 amide bonds. The summed E-state index contributed by atoms with van der Waals surface area (Å²) in [4.78, 5) is 16.5. The number of likely N-dealkylation sites (tertiary alicyclic amines) is 1. The van der Waals surface area contributed by atoms with Gasteiger partial charge in [-0.15, -0.1) is 0 Å². The molecule has 0 radical (unpaired) electrons. The van der Waals surface area contributed by atoms with Gasteiger partial charge in [-0.25, -0.2) is 0 Å². The van der Waals surface area contributed by atoms with E-state index in [9.17, 15) is 4.79 Å². The van der Waals surface area contributed by atoms with Crippen LogP contribution in [-0.2, 0) is 24.3 Å². The number of benzene rings is 1. The number of piperidine rings is 1. The highest BCUT2D eigenvalue weighted by molar-refractivity contribution is 6.31. The second-order valence-corrected chi connectivity index (χ2v) is 7.50. The molecule has 3 heterocycles. The van der Waals surface area contributed by atoms with Crippen molar-refractivity contribution in [2.24, 2.45) is 0 Å². The van der Waals surface area contributed by atoms with Crippen LogP contribution in [0.5, 0.6) is 0 Å². The van der Waals surface area contributed by atoms with Crippen molar-refractivity contribution in [2.75, 3.05) is 26.7 Å². The monoisotopic (exact) mass is 345 g/mol. The van der Waals surface area contributed by atoms with Crippen LogP contribution in [-0.4, -0.2) is 47.0 Å². The molecule has 0 bridgehead atoms. The number of likely N-dealkylation sites (N-methyl/N-ethyl adjacent to an activating group) is 1. The van der Waals surface area contributed by atoms with E-state index in [0.29, 0.717) is 12.3 Å². The van der Waals surface area contributed by atoms with Crippen molar-refractivity contribution in [1.29, 1.82) is 0 Å². The summed E-state index contributed by atoms with van der Waals surface area (Å²) in [5.74, 6) is 0.314. The Hall–Kier alpha value is -1.52. The summed E-state index contributed by atoms with van der Waals surface area (Å²) < 4.78 is 2.43. The topological polar surface area (TPSA) is 28.5 Å². The van der Waals surface area contributed by atoms with Gasteiger partial charge in [0, 0.05) is 67.2 Å². The number of halogens is 1. The van der Waals surface area contributed by atoms with Crippen LogP contribution in [0.15, 0.2) is 18.2 Å². The maximum atomic E-state index is 12.1. The lowest BCUT2D eigenvalue weighted by molar-refractivity contribution is -0.133. The zero-order valence-electron chi connectivity index (χ0n) is 14.2. The zero-order chi connectivity index (χ0) is 16.7. The van der Waals surface area contributed by atoms with Crippen molar-refractivity contribution in [3.05, 3.63) is 34.5 Å². The zero-order valence-corrected chi connectivity index (χ0v) is 15.0. The minimum Gasteiger partial charge on any atom is -0.342 e. The first-order chi connectivity index (χ1) is 11.6. The van der Waals surface area contributed by atoms with Crippen LogP contribution in [0.3, 0.4) is 0 Å². The number of rotatable bonds is 3. The Bertz CT molecular complexity index is 783. The number of amides is 1. The van der Waals surface area contributed by atoms with Gasteiger partial charge in [0.25, 0.3) is 0 Å². The Balaban J connectivity index is 1.68. The highest BCUT2D eigenvalue weighted by Crippen LogP contribution is 2.32. The fourth-order valence-corrected chi connectivity index (χ4v) is 4.30. The Morgan fingerprint density at radius 2 is 2.00 bits per heavy atom. The predicted molar refractivity (Wildman–Crippen MR) is 97.4 cm³/mol. The number of hydrogen-bond acceptors (Lipinski definition) is 2. The van der Waals surface area contributed by atoms with E-state index in [1.165, 1.54) is 22.2 Å². The van der Waals surface area contributed by atoms with Crippen molar-refractivity contribution in [3.8, 4) is 0 Å². The second-order valence-electron chi connectivity index (χ2n) is 7.06. The summed E-state index contributed by atoms with van der Waals surface area (Å²) in [7, 11) is 2.17. The SMILES string of the molecule is CN1CCc2c(c3cc(Cl)ccc3n2CCN2CCCCC2=O)C1. The molecule has 2 aliphatic rings. The van der Waals surface area contributed by atoms with E-state index in [1.54, 1.807) is 0 Å². The molecule has 1 saturated heterocycles. The molecule has 0 N–H and O–H groups in total. The quantitative estimate of drug-likeness (QED) is 0.854. The molecule has 1 fully saturated rings. The van der Waals surface area contributed by atoms with Gasteiger partial charge in [-0.1, -0.05) is 11.6 Å². The number of hydrogen-bond donors (Lipinski definition) is 0. The number of nitrogens with zero attached hydrogens (tertiary/aromatic N) is 3. The van der Waals surface area contributed by atoms with Gasteiger partial charge in [0.05, 0.1) is 0 Å². The average molecular weight is 346 g/mol. The highest BCUT2D eigenvalue weighted by Gasteiger charge is 2.24. The maximum Gasteiger partial charge on any atom is 0.222 e. The van der Waals surface area contributed by atoms with Gasteiger partial charge in [0.15, 0.2) is 0 Å². The van der Waals surface area contributed by atoms with Crippen LogP contribution < -0.4 is 0 Å². The van der Waals surface area contributed by atoms with E-state index >= 15 is 0 Å². The second kappa shape index (κ2) is 6.41. The molecular weight excluding hydrogens is 322 g/mol. The van der Waals surface area contributed by atoms with E-state index in [2.05, 4.69) is 28.6 Å². The smallest absolute Gasteiger partial charge is 0.222 e. The van der Waals surface area contributed by atoms with Crippen LogP contribution in [0.4, 0.5) is 0 Å². The van der Waals surface area contributed by atoms with Gasteiger partial charge in [-0.2, -0.15) is 0 Å². The number of fused-ring (bicyclic) bond motifs is 3. The molecule has 24 heavy (non-hydrogen) atoms. The summed E-state index contributed by atoms with van der Waals surface area (Å²) >= 11 is 6.25. The summed E-state index contributed by atoms with van der Waals surface area (Å²) in [6, 6.07) is 6.20. The molecule has 0 unspecified atom stereocenters. The van der Waals surface area contributed by atoms with E-state index in [1.807, 2.05) is 11.0 Å². The summed E-state index contributed by atoms with van der Waals surface area (Å²) in [5, 5.41) is 2.07. The molecular formula is C19H24ClN3O. The minimum atomic E-state index is 0.314. The number of carbonyl (C=O) groups excluding carboxylic acids is 1. The normalized spacial score (nSPS) is 19.1. The van der Waals surface area contributed by atoms with E-state index in [-0.39, 0.29) is 0 Å². The Morgan fingerprint density at radius 1 is 1.12 bits per heavy atom. The highest BCUT2D eigenvalue weighted by atomic mass is 35.5. The summed E-state index contributed by atoms with van der Waals surface area (Å²) in [6.45, 7) is 4.66. The van der Waals surface area contributed by atoms with Crippen LogP contribution >= 0.6 is 11.6 Å². The predicted octanol–water partition coefficient (Wildman–Crippen LogP) is 3.30. The third-order valence-electron chi connectivity index (χ3n) is 5.42. The molecule has 0 aliphatic carbocycles. The maximum absolute atomic E-state index is 12.1. The van der Waals surface area contributed by atoms with Crippen LogP contribution in [0.1, 0.15) is 30.5 Å². The molecule has 0 spiro atoms. The Labute approximate surface area is 148 Å². The molecule has 128 valence electrons. The fraction of sp³-hybridized carbons (Fsp3) is 0.526. The Kier molecular flexibility index (Phi) is 4.27. The average Bonchev–Trinajstić information content (AvgIpc) is 2.87. The van der Waals surface area contributed by atoms with Crippen LogP contribution in [0, 0.1) is 0 Å². The molecule has 2 aliphatic heterocycles. The number of carbonyl (C=O) groups is 1. The minimum absolute atomic E-state index is 0.314. The first-order valence-electron chi connectivity index (χ1n) is 8.89. The lowest BCUT2D eigenvalue weighted by Crippen LogP contribution is -2.37. The van der Waals surface area contributed by atoms with Gasteiger partial charge in [0.2, 0.25) is 5.91 Å². The molecule has 2 aromatic rings. The van der Waals surface area contributed by atoms with E-state index in [0.717, 1.165) is 57.0 Å². The molecule has 5 heteroatoms. The fourth-order valence-electron chi connectivity index (χ4n) is 4.13. The van der Waals surface area contributed by atoms with Gasteiger partial charge < -0.3 is 14.4 Å². The lowest BCUT2D eigenvalue weighted by Gasteiger charge is -2.28. The van der Waals surface area contributed by atoms with Crippen molar-refractivity contribution < 1.29 is 4.79 Å². The van der Waals surface area contributed by atoms with Crippen LogP contribution in [0.2, 0.25) is 5.02 Å².